The van der Waals surface area contributed by atoms with Crippen molar-refractivity contribution in [2.45, 2.75) is 19.2 Å². The van der Waals surface area contributed by atoms with Gasteiger partial charge in [0.05, 0.1) is 0 Å². The topological polar surface area (TPSA) is 78.4 Å². The van der Waals surface area contributed by atoms with Crippen LogP contribution in [0.25, 0.3) is 0 Å². The molecule has 1 heterocycles. The summed E-state index contributed by atoms with van der Waals surface area (Å²) >= 11 is 0. The molecule has 0 fully saturated rings. The normalized spacial score (nSPS) is 11.5. The third-order valence-electron chi connectivity index (χ3n) is 1.54. The summed E-state index contributed by atoms with van der Waals surface area (Å²) in [6.45, 7) is -0.269. The van der Waals surface area contributed by atoms with E-state index >= 15 is 0 Å². The van der Waals surface area contributed by atoms with Crippen molar-refractivity contribution >= 4 is 5.97 Å². The van der Waals surface area contributed by atoms with Crippen LogP contribution in [0.1, 0.15) is 11.6 Å². The third kappa shape index (κ3) is 3.54. The molecule has 0 unspecified atom stereocenters. The molecule has 5 nitrogen and oxygen atoms in total. The smallest absolute Gasteiger partial charge is 0.452 e. The molecule has 0 amide bonds. The maximum absolute atomic E-state index is 11.7. The average Bonchev–Trinajstić information content (AvgIpc) is 2.61. The highest BCUT2D eigenvalue weighted by Crippen LogP contribution is 2.17. The Hall–Kier alpha value is -1.57. The first-order chi connectivity index (χ1) is 7.43. The van der Waals surface area contributed by atoms with Crippen LogP contribution in [-0.2, 0) is 22.6 Å². The summed E-state index contributed by atoms with van der Waals surface area (Å²) in [5, 5.41) is 0. The maximum atomic E-state index is 11.7. The molecule has 0 aromatic carbocycles. The molecule has 16 heavy (non-hydrogen) atoms. The monoisotopic (exact) mass is 238 g/mol. The first-order valence-corrected chi connectivity index (χ1v) is 4.30. The van der Waals surface area contributed by atoms with Gasteiger partial charge in [0.15, 0.2) is 5.89 Å². The molecule has 0 saturated heterocycles. The second kappa shape index (κ2) is 4.97. The van der Waals surface area contributed by atoms with Crippen molar-refractivity contribution < 1.29 is 27.1 Å². The number of rotatable bonds is 4. The summed E-state index contributed by atoms with van der Waals surface area (Å²) in [6.07, 6.45) is -3.51. The summed E-state index contributed by atoms with van der Waals surface area (Å²) in [6, 6.07) is 0. The highest BCUT2D eigenvalue weighted by Gasteiger charge is 2.41. The van der Waals surface area contributed by atoms with Gasteiger partial charge in [-0.15, -0.1) is 0 Å². The van der Waals surface area contributed by atoms with Crippen molar-refractivity contribution in [3.63, 3.8) is 0 Å². The molecule has 0 aliphatic rings. The summed E-state index contributed by atoms with van der Waals surface area (Å²) in [4.78, 5) is 14.1. The Bertz CT molecular complexity index is 362. The Morgan fingerprint density at radius 3 is 2.81 bits per heavy atom. The van der Waals surface area contributed by atoms with E-state index in [9.17, 15) is 18.0 Å². The molecule has 1 rings (SSSR count). The van der Waals surface area contributed by atoms with E-state index in [2.05, 4.69) is 9.72 Å². The van der Waals surface area contributed by atoms with Crippen LogP contribution >= 0.6 is 0 Å². The molecule has 1 aromatic rings. The molecule has 1 aromatic heterocycles. The number of hydrogen-bond donors (Lipinski definition) is 1. The van der Waals surface area contributed by atoms with Crippen LogP contribution in [0.2, 0.25) is 0 Å². The van der Waals surface area contributed by atoms with Gasteiger partial charge >= 0.3 is 12.1 Å². The maximum Gasteiger partial charge on any atom is 0.490 e. The first-order valence-electron chi connectivity index (χ1n) is 4.30. The SMILES string of the molecule is NCCc1nc(COC(=O)C(F)(F)F)co1. The van der Waals surface area contributed by atoms with Gasteiger partial charge in [-0.3, -0.25) is 0 Å². The highest BCUT2D eigenvalue weighted by molar-refractivity contribution is 5.75. The van der Waals surface area contributed by atoms with Gasteiger partial charge in [0.1, 0.15) is 18.6 Å². The van der Waals surface area contributed by atoms with E-state index in [4.69, 9.17) is 10.2 Å². The van der Waals surface area contributed by atoms with Crippen molar-refractivity contribution in [2.75, 3.05) is 6.54 Å². The quantitative estimate of drug-likeness (QED) is 0.784. The van der Waals surface area contributed by atoms with Crippen LogP contribution < -0.4 is 5.73 Å². The number of aromatic nitrogens is 1. The van der Waals surface area contributed by atoms with Gasteiger partial charge in [0, 0.05) is 13.0 Å². The predicted octanol–water partition coefficient (Wildman–Crippen LogP) is 0.781. The zero-order valence-corrected chi connectivity index (χ0v) is 8.08. The Morgan fingerprint density at radius 1 is 1.56 bits per heavy atom. The second-order valence-corrected chi connectivity index (χ2v) is 2.85. The lowest BCUT2D eigenvalue weighted by atomic mass is 10.4. The molecule has 0 aliphatic carbocycles. The van der Waals surface area contributed by atoms with E-state index in [0.717, 1.165) is 6.26 Å². The van der Waals surface area contributed by atoms with E-state index in [-0.39, 0.29) is 5.69 Å². The van der Waals surface area contributed by atoms with Gasteiger partial charge < -0.3 is 14.9 Å². The standard InChI is InChI=1S/C8H9F3N2O3/c9-8(10,11)7(14)16-4-5-3-15-6(13-5)1-2-12/h3H,1-2,4,12H2. The number of carbonyl (C=O) groups is 1. The number of hydrogen-bond acceptors (Lipinski definition) is 5. The van der Waals surface area contributed by atoms with Crippen LogP contribution in [0.4, 0.5) is 13.2 Å². The van der Waals surface area contributed by atoms with Gasteiger partial charge in [-0.2, -0.15) is 13.2 Å². The fourth-order valence-electron chi connectivity index (χ4n) is 0.875. The average molecular weight is 238 g/mol. The molecular formula is C8H9F3N2O3. The second-order valence-electron chi connectivity index (χ2n) is 2.85. The highest BCUT2D eigenvalue weighted by atomic mass is 19.4. The molecule has 0 aliphatic heterocycles. The van der Waals surface area contributed by atoms with Crippen LogP contribution in [-0.4, -0.2) is 23.7 Å². The lowest BCUT2D eigenvalue weighted by Gasteiger charge is -2.04. The van der Waals surface area contributed by atoms with Crippen molar-refractivity contribution in [1.29, 1.82) is 0 Å². The number of esters is 1. The number of halogens is 3. The van der Waals surface area contributed by atoms with Crippen molar-refractivity contribution in [1.82, 2.24) is 4.98 Å². The summed E-state index contributed by atoms with van der Waals surface area (Å²) in [7, 11) is 0. The first kappa shape index (κ1) is 12.5. The fourth-order valence-corrected chi connectivity index (χ4v) is 0.875. The van der Waals surface area contributed by atoms with E-state index in [1.54, 1.807) is 0 Å². The number of carbonyl (C=O) groups excluding carboxylic acids is 1. The molecule has 8 heteroatoms. The molecule has 0 atom stereocenters. The molecule has 0 spiro atoms. The number of alkyl halides is 3. The largest absolute Gasteiger partial charge is 0.490 e. The Morgan fingerprint density at radius 2 is 2.25 bits per heavy atom. The molecular weight excluding hydrogens is 229 g/mol. The number of oxazole rings is 1. The zero-order valence-electron chi connectivity index (χ0n) is 8.08. The van der Waals surface area contributed by atoms with Crippen molar-refractivity contribution in [3.8, 4) is 0 Å². The van der Waals surface area contributed by atoms with Gasteiger partial charge in [-0.05, 0) is 0 Å². The molecule has 2 N–H and O–H groups in total. The Balaban J connectivity index is 2.45. The van der Waals surface area contributed by atoms with Gasteiger partial charge in [-0.25, -0.2) is 9.78 Å². The minimum Gasteiger partial charge on any atom is -0.452 e. The van der Waals surface area contributed by atoms with Crippen LogP contribution in [0, 0.1) is 0 Å². The van der Waals surface area contributed by atoms with Gasteiger partial charge in [0.25, 0.3) is 0 Å². The lowest BCUT2D eigenvalue weighted by molar-refractivity contribution is -0.201. The minimum atomic E-state index is -5.00. The summed E-state index contributed by atoms with van der Waals surface area (Å²) in [5.41, 5.74) is 5.33. The summed E-state index contributed by atoms with van der Waals surface area (Å²) in [5.74, 6) is -1.96. The van der Waals surface area contributed by atoms with E-state index in [1.807, 2.05) is 0 Å². The predicted molar refractivity (Wildman–Crippen MR) is 45.1 cm³/mol. The van der Waals surface area contributed by atoms with E-state index in [1.165, 1.54) is 0 Å². The zero-order chi connectivity index (χ0) is 12.2. The molecule has 0 radical (unpaired) electrons. The van der Waals surface area contributed by atoms with Gasteiger partial charge in [0.2, 0.25) is 0 Å². The van der Waals surface area contributed by atoms with Crippen LogP contribution in [0.5, 0.6) is 0 Å². The van der Waals surface area contributed by atoms with Crippen LogP contribution in [0.15, 0.2) is 10.7 Å². The van der Waals surface area contributed by atoms with E-state index in [0.29, 0.717) is 18.9 Å². The van der Waals surface area contributed by atoms with Crippen LogP contribution in [0.3, 0.4) is 0 Å². The molecule has 90 valence electrons. The minimum absolute atomic E-state index is 0.112. The number of ether oxygens (including phenoxy) is 1. The molecule has 0 bridgehead atoms. The lowest BCUT2D eigenvalue weighted by Crippen LogP contribution is -2.25. The number of nitrogens with zero attached hydrogens (tertiary/aromatic N) is 1. The Kier molecular flexibility index (Phi) is 3.88. The van der Waals surface area contributed by atoms with Gasteiger partial charge in [-0.1, -0.05) is 0 Å². The molecule has 0 saturated carbocycles. The number of nitrogens with two attached hydrogens (primary N) is 1. The van der Waals surface area contributed by atoms with Crippen molar-refractivity contribution in [2.24, 2.45) is 5.73 Å². The van der Waals surface area contributed by atoms with E-state index < -0.39 is 18.8 Å². The van der Waals surface area contributed by atoms with Crippen molar-refractivity contribution in [3.05, 3.63) is 17.8 Å². The fraction of sp³-hybridized carbons (Fsp3) is 0.500. The Labute approximate surface area is 88.4 Å². The third-order valence-corrected chi connectivity index (χ3v) is 1.54. The summed E-state index contributed by atoms with van der Waals surface area (Å²) < 4.78 is 44.1.